The van der Waals surface area contributed by atoms with Gasteiger partial charge in [-0.3, -0.25) is 19.8 Å². The van der Waals surface area contributed by atoms with E-state index in [1.807, 2.05) is 19.0 Å². The van der Waals surface area contributed by atoms with Crippen LogP contribution in [0.25, 0.3) is 0 Å². The number of imide groups is 2. The molecule has 6 nitrogen and oxygen atoms in total. The highest BCUT2D eigenvalue weighted by molar-refractivity contribution is 6.19. The molecule has 0 aromatic rings. The van der Waals surface area contributed by atoms with Crippen molar-refractivity contribution < 1.29 is 14.4 Å². The van der Waals surface area contributed by atoms with Gasteiger partial charge in [-0.15, -0.1) is 0 Å². The monoisotopic (exact) mass is 267 g/mol. The average Bonchev–Trinajstić information content (AvgIpc) is 2.82. The molecule has 0 atom stereocenters. The smallest absolute Gasteiger partial charge is 0.309 e. The van der Waals surface area contributed by atoms with Crippen molar-refractivity contribution in [3.05, 3.63) is 0 Å². The molecule has 19 heavy (non-hydrogen) atoms. The van der Waals surface area contributed by atoms with E-state index in [1.54, 1.807) is 0 Å². The van der Waals surface area contributed by atoms with Gasteiger partial charge in [0.25, 0.3) is 0 Å². The Hall–Kier alpha value is -1.43. The first-order chi connectivity index (χ1) is 8.97. The number of carbonyl (C=O) groups excluding carboxylic acids is 3. The number of nitrogens with zero attached hydrogens (tertiary/aromatic N) is 2. The Morgan fingerprint density at radius 1 is 1.21 bits per heavy atom. The molecule has 106 valence electrons. The molecule has 0 bridgehead atoms. The normalized spacial score (nSPS) is 22.5. The number of rotatable bonds is 4. The molecule has 0 aromatic carbocycles. The SMILES string of the molecule is CN(C)CCCN1C(=O)NC(=O)C2(CCCC2)C1=O. The molecule has 0 radical (unpaired) electrons. The molecule has 1 N–H and O–H groups in total. The van der Waals surface area contributed by atoms with Crippen molar-refractivity contribution in [2.45, 2.75) is 32.1 Å². The summed E-state index contributed by atoms with van der Waals surface area (Å²) in [7, 11) is 3.89. The van der Waals surface area contributed by atoms with E-state index in [-0.39, 0.29) is 5.91 Å². The molecule has 1 spiro atoms. The second-order valence-corrected chi connectivity index (χ2v) is 5.66. The average molecular weight is 267 g/mol. The zero-order valence-electron chi connectivity index (χ0n) is 11.6. The molecule has 1 saturated heterocycles. The maximum absolute atomic E-state index is 12.5. The summed E-state index contributed by atoms with van der Waals surface area (Å²) in [6, 6.07) is -0.564. The number of hydrogen-bond donors (Lipinski definition) is 1. The van der Waals surface area contributed by atoms with Crippen LogP contribution < -0.4 is 5.32 Å². The molecule has 1 aliphatic carbocycles. The van der Waals surface area contributed by atoms with E-state index < -0.39 is 17.4 Å². The Balaban J connectivity index is 2.08. The first kappa shape index (κ1) is 14.0. The fourth-order valence-electron chi connectivity index (χ4n) is 2.90. The molecule has 2 rings (SSSR count). The summed E-state index contributed by atoms with van der Waals surface area (Å²) < 4.78 is 0. The third kappa shape index (κ3) is 2.49. The summed E-state index contributed by atoms with van der Waals surface area (Å²) in [6.45, 7) is 1.18. The molecule has 1 saturated carbocycles. The van der Waals surface area contributed by atoms with Gasteiger partial charge in [-0.05, 0) is 39.9 Å². The van der Waals surface area contributed by atoms with Crippen LogP contribution in [0.5, 0.6) is 0 Å². The highest BCUT2D eigenvalue weighted by atomic mass is 16.2. The molecule has 1 aliphatic heterocycles. The fourth-order valence-corrected chi connectivity index (χ4v) is 2.90. The van der Waals surface area contributed by atoms with Gasteiger partial charge in [0.15, 0.2) is 0 Å². The molecule has 0 aromatic heterocycles. The Kier molecular flexibility index (Phi) is 3.89. The van der Waals surface area contributed by atoms with Gasteiger partial charge < -0.3 is 4.90 Å². The van der Waals surface area contributed by atoms with Gasteiger partial charge in [-0.2, -0.15) is 0 Å². The Morgan fingerprint density at radius 3 is 2.42 bits per heavy atom. The highest BCUT2D eigenvalue weighted by Crippen LogP contribution is 2.41. The molecule has 4 amide bonds. The standard InChI is InChI=1S/C13H21N3O3/c1-15(2)8-5-9-16-11(18)13(6-3-4-7-13)10(17)14-12(16)19/h3-9H2,1-2H3,(H,14,17,19). The van der Waals surface area contributed by atoms with Crippen LogP contribution in [0.3, 0.4) is 0 Å². The third-order valence-electron chi connectivity index (χ3n) is 4.00. The summed E-state index contributed by atoms with van der Waals surface area (Å²) in [5.74, 6) is -0.693. The van der Waals surface area contributed by atoms with Gasteiger partial charge in [0, 0.05) is 6.54 Å². The maximum Gasteiger partial charge on any atom is 0.330 e. The van der Waals surface area contributed by atoms with E-state index >= 15 is 0 Å². The van der Waals surface area contributed by atoms with E-state index in [2.05, 4.69) is 5.32 Å². The zero-order valence-corrected chi connectivity index (χ0v) is 11.6. The number of barbiturate groups is 1. The molecule has 6 heteroatoms. The zero-order chi connectivity index (χ0) is 14.0. The number of urea groups is 1. The van der Waals surface area contributed by atoms with Gasteiger partial charge in [-0.25, -0.2) is 4.79 Å². The van der Waals surface area contributed by atoms with Crippen molar-refractivity contribution in [2.24, 2.45) is 5.41 Å². The first-order valence-electron chi connectivity index (χ1n) is 6.79. The minimum atomic E-state index is -0.966. The van der Waals surface area contributed by atoms with E-state index in [9.17, 15) is 14.4 Å². The van der Waals surface area contributed by atoms with Crippen LogP contribution in [0.4, 0.5) is 4.79 Å². The Morgan fingerprint density at radius 2 is 1.84 bits per heavy atom. The van der Waals surface area contributed by atoms with Gasteiger partial charge in [0.05, 0.1) is 0 Å². The van der Waals surface area contributed by atoms with Gasteiger partial charge in [0.1, 0.15) is 5.41 Å². The number of amides is 4. The molecule has 2 aliphatic rings. The maximum atomic E-state index is 12.5. The van der Waals surface area contributed by atoms with Crippen molar-refractivity contribution in [2.75, 3.05) is 27.2 Å². The Labute approximate surface area is 113 Å². The fraction of sp³-hybridized carbons (Fsp3) is 0.769. The quantitative estimate of drug-likeness (QED) is 0.756. The van der Waals surface area contributed by atoms with E-state index in [0.717, 1.165) is 25.8 Å². The van der Waals surface area contributed by atoms with Crippen LogP contribution in [-0.2, 0) is 9.59 Å². The predicted octanol–water partition coefficient (Wildman–Crippen LogP) is 0.577. The van der Waals surface area contributed by atoms with E-state index in [0.29, 0.717) is 19.4 Å². The topological polar surface area (TPSA) is 69.7 Å². The van der Waals surface area contributed by atoms with Gasteiger partial charge in [-0.1, -0.05) is 12.8 Å². The molecule has 1 heterocycles. The number of nitrogens with one attached hydrogen (secondary N) is 1. The molecular weight excluding hydrogens is 246 g/mol. The summed E-state index contributed by atoms with van der Waals surface area (Å²) >= 11 is 0. The highest BCUT2D eigenvalue weighted by Gasteiger charge is 2.54. The van der Waals surface area contributed by atoms with Crippen molar-refractivity contribution in [3.8, 4) is 0 Å². The summed E-state index contributed by atoms with van der Waals surface area (Å²) in [5.41, 5.74) is -0.966. The lowest BCUT2D eigenvalue weighted by Crippen LogP contribution is -2.63. The Bertz CT molecular complexity index is 400. The lowest BCUT2D eigenvalue weighted by atomic mass is 9.82. The van der Waals surface area contributed by atoms with E-state index in [1.165, 1.54) is 4.90 Å². The van der Waals surface area contributed by atoms with Gasteiger partial charge in [0.2, 0.25) is 11.8 Å². The minimum Gasteiger partial charge on any atom is -0.309 e. The van der Waals surface area contributed by atoms with Crippen molar-refractivity contribution >= 4 is 17.8 Å². The van der Waals surface area contributed by atoms with Crippen LogP contribution in [0.1, 0.15) is 32.1 Å². The third-order valence-corrected chi connectivity index (χ3v) is 4.00. The predicted molar refractivity (Wildman–Crippen MR) is 69.3 cm³/mol. The first-order valence-corrected chi connectivity index (χ1v) is 6.79. The summed E-state index contributed by atoms with van der Waals surface area (Å²) in [4.78, 5) is 39.5. The molecule has 2 fully saturated rings. The second kappa shape index (κ2) is 5.28. The van der Waals surface area contributed by atoms with Crippen molar-refractivity contribution in [1.82, 2.24) is 15.1 Å². The van der Waals surface area contributed by atoms with E-state index in [4.69, 9.17) is 0 Å². The minimum absolute atomic E-state index is 0.294. The van der Waals surface area contributed by atoms with Crippen LogP contribution in [-0.4, -0.2) is 54.8 Å². The number of hydrogen-bond acceptors (Lipinski definition) is 4. The lowest BCUT2D eigenvalue weighted by Gasteiger charge is -2.36. The van der Waals surface area contributed by atoms with Crippen LogP contribution in [0, 0.1) is 5.41 Å². The van der Waals surface area contributed by atoms with Gasteiger partial charge >= 0.3 is 6.03 Å². The second-order valence-electron chi connectivity index (χ2n) is 5.66. The van der Waals surface area contributed by atoms with Crippen molar-refractivity contribution in [3.63, 3.8) is 0 Å². The van der Waals surface area contributed by atoms with Crippen molar-refractivity contribution in [1.29, 1.82) is 0 Å². The lowest BCUT2D eigenvalue weighted by molar-refractivity contribution is -0.151. The summed E-state index contributed by atoms with van der Waals surface area (Å²) in [6.07, 6.45) is 3.60. The summed E-state index contributed by atoms with van der Waals surface area (Å²) in [5, 5.41) is 2.34. The molecular formula is C13H21N3O3. The molecule has 0 unspecified atom stereocenters. The van der Waals surface area contributed by atoms with Crippen LogP contribution in [0.15, 0.2) is 0 Å². The largest absolute Gasteiger partial charge is 0.330 e. The van der Waals surface area contributed by atoms with Crippen LogP contribution >= 0.6 is 0 Å². The number of carbonyl (C=O) groups is 3. The van der Waals surface area contributed by atoms with Crippen LogP contribution in [0.2, 0.25) is 0 Å².